The Bertz CT molecular complexity index is 717. The lowest BCUT2D eigenvalue weighted by molar-refractivity contribution is 0.476. The van der Waals surface area contributed by atoms with Crippen molar-refractivity contribution in [2.45, 2.75) is 0 Å². The van der Waals surface area contributed by atoms with E-state index in [1.54, 1.807) is 23.5 Å². The smallest absolute Gasteiger partial charge is 0.124 e. The SMILES string of the molecule is CN(C)c1ccc(-c2nc3ccc(O)cc3s2)cc1. The van der Waals surface area contributed by atoms with Crippen LogP contribution in [0.1, 0.15) is 0 Å². The van der Waals surface area contributed by atoms with Gasteiger partial charge < -0.3 is 10.0 Å². The Kier molecular flexibility index (Phi) is 2.87. The average molecular weight is 270 g/mol. The van der Waals surface area contributed by atoms with Crippen molar-refractivity contribution >= 4 is 27.2 Å². The summed E-state index contributed by atoms with van der Waals surface area (Å²) in [6, 6.07) is 13.6. The molecule has 0 aliphatic heterocycles. The van der Waals surface area contributed by atoms with Gasteiger partial charge in [-0.2, -0.15) is 0 Å². The molecule has 1 N–H and O–H groups in total. The summed E-state index contributed by atoms with van der Waals surface area (Å²) >= 11 is 1.59. The normalized spacial score (nSPS) is 10.8. The summed E-state index contributed by atoms with van der Waals surface area (Å²) in [6.07, 6.45) is 0. The van der Waals surface area contributed by atoms with Gasteiger partial charge in [0.05, 0.1) is 10.2 Å². The number of aromatic nitrogens is 1. The molecular weight excluding hydrogens is 256 g/mol. The Balaban J connectivity index is 2.03. The molecule has 0 saturated carbocycles. The van der Waals surface area contributed by atoms with E-state index in [2.05, 4.69) is 34.1 Å². The first-order valence-electron chi connectivity index (χ1n) is 6.01. The van der Waals surface area contributed by atoms with Gasteiger partial charge in [-0.1, -0.05) is 0 Å². The van der Waals surface area contributed by atoms with Gasteiger partial charge >= 0.3 is 0 Å². The second-order valence-corrected chi connectivity index (χ2v) is 5.64. The van der Waals surface area contributed by atoms with E-state index >= 15 is 0 Å². The van der Waals surface area contributed by atoms with Gasteiger partial charge in [-0.15, -0.1) is 11.3 Å². The van der Waals surface area contributed by atoms with E-state index in [4.69, 9.17) is 0 Å². The molecule has 0 aliphatic carbocycles. The molecule has 0 atom stereocenters. The average Bonchev–Trinajstić information content (AvgIpc) is 2.81. The standard InChI is InChI=1S/C15H14N2OS/c1-17(2)11-5-3-10(4-6-11)15-16-13-8-7-12(18)9-14(13)19-15/h3-9,18H,1-2H3. The minimum Gasteiger partial charge on any atom is -0.508 e. The van der Waals surface area contributed by atoms with Crippen LogP contribution < -0.4 is 4.90 Å². The van der Waals surface area contributed by atoms with Crippen molar-refractivity contribution in [1.82, 2.24) is 4.98 Å². The first-order valence-corrected chi connectivity index (χ1v) is 6.82. The molecule has 0 radical (unpaired) electrons. The Hall–Kier alpha value is -2.07. The van der Waals surface area contributed by atoms with Gasteiger partial charge in [0.2, 0.25) is 0 Å². The molecule has 19 heavy (non-hydrogen) atoms. The van der Waals surface area contributed by atoms with Crippen molar-refractivity contribution in [3.05, 3.63) is 42.5 Å². The minimum atomic E-state index is 0.283. The van der Waals surface area contributed by atoms with Crippen molar-refractivity contribution < 1.29 is 5.11 Å². The third-order valence-corrected chi connectivity index (χ3v) is 4.07. The molecule has 0 saturated heterocycles. The lowest BCUT2D eigenvalue weighted by Crippen LogP contribution is -2.07. The van der Waals surface area contributed by atoms with Crippen molar-refractivity contribution in [1.29, 1.82) is 0 Å². The van der Waals surface area contributed by atoms with Crippen LogP contribution in [0.2, 0.25) is 0 Å². The summed E-state index contributed by atoms with van der Waals surface area (Å²) in [5.74, 6) is 0.283. The van der Waals surface area contributed by atoms with E-state index in [1.165, 1.54) is 5.69 Å². The molecule has 0 aliphatic rings. The summed E-state index contributed by atoms with van der Waals surface area (Å²) in [7, 11) is 4.05. The highest BCUT2D eigenvalue weighted by Gasteiger charge is 2.07. The molecule has 4 heteroatoms. The maximum absolute atomic E-state index is 9.48. The molecule has 0 amide bonds. The van der Waals surface area contributed by atoms with E-state index in [-0.39, 0.29) is 5.75 Å². The van der Waals surface area contributed by atoms with Crippen LogP contribution in [-0.2, 0) is 0 Å². The second kappa shape index (κ2) is 4.55. The molecule has 0 unspecified atom stereocenters. The first kappa shape index (κ1) is 12.0. The number of benzene rings is 2. The van der Waals surface area contributed by atoms with Crippen LogP contribution in [-0.4, -0.2) is 24.2 Å². The molecule has 1 aromatic heterocycles. The number of nitrogens with zero attached hydrogens (tertiary/aromatic N) is 2. The number of phenols is 1. The van der Waals surface area contributed by atoms with Crippen molar-refractivity contribution in [3.63, 3.8) is 0 Å². The number of hydrogen-bond acceptors (Lipinski definition) is 4. The fraction of sp³-hybridized carbons (Fsp3) is 0.133. The highest BCUT2D eigenvalue weighted by molar-refractivity contribution is 7.21. The number of thiazole rings is 1. The molecule has 96 valence electrons. The Morgan fingerprint density at radius 2 is 1.79 bits per heavy atom. The van der Waals surface area contributed by atoms with Crippen LogP contribution in [0, 0.1) is 0 Å². The van der Waals surface area contributed by atoms with Crippen LogP contribution in [0.4, 0.5) is 5.69 Å². The number of phenolic OH excluding ortho intramolecular Hbond substituents is 1. The Morgan fingerprint density at radius 3 is 2.47 bits per heavy atom. The highest BCUT2D eigenvalue weighted by atomic mass is 32.1. The lowest BCUT2D eigenvalue weighted by atomic mass is 10.2. The maximum atomic E-state index is 9.48. The van der Waals surface area contributed by atoms with Crippen molar-refractivity contribution in [2.24, 2.45) is 0 Å². The van der Waals surface area contributed by atoms with Crippen LogP contribution in [0.15, 0.2) is 42.5 Å². The largest absolute Gasteiger partial charge is 0.508 e. The van der Waals surface area contributed by atoms with Gasteiger partial charge in [0, 0.05) is 25.3 Å². The van der Waals surface area contributed by atoms with E-state index in [0.29, 0.717) is 0 Å². The van der Waals surface area contributed by atoms with Gasteiger partial charge in [0.1, 0.15) is 10.8 Å². The quantitative estimate of drug-likeness (QED) is 0.770. The van der Waals surface area contributed by atoms with Crippen molar-refractivity contribution in [2.75, 3.05) is 19.0 Å². The number of fused-ring (bicyclic) bond motifs is 1. The van der Waals surface area contributed by atoms with E-state index in [0.717, 1.165) is 20.8 Å². The monoisotopic (exact) mass is 270 g/mol. The summed E-state index contributed by atoms with van der Waals surface area (Å²) in [5, 5.41) is 10.5. The number of aromatic hydroxyl groups is 1. The second-order valence-electron chi connectivity index (χ2n) is 4.61. The molecule has 0 spiro atoms. The summed E-state index contributed by atoms with van der Waals surface area (Å²) < 4.78 is 1.01. The van der Waals surface area contributed by atoms with Gasteiger partial charge in [-0.25, -0.2) is 4.98 Å². The van der Waals surface area contributed by atoms with E-state index < -0.39 is 0 Å². The van der Waals surface area contributed by atoms with Crippen molar-refractivity contribution in [3.8, 4) is 16.3 Å². The Morgan fingerprint density at radius 1 is 1.05 bits per heavy atom. The predicted molar refractivity (Wildman–Crippen MR) is 81.0 cm³/mol. The molecule has 0 fully saturated rings. The molecule has 3 nitrogen and oxygen atoms in total. The summed E-state index contributed by atoms with van der Waals surface area (Å²) in [4.78, 5) is 6.66. The number of rotatable bonds is 2. The fourth-order valence-corrected chi connectivity index (χ4v) is 2.94. The predicted octanol–water partition coefficient (Wildman–Crippen LogP) is 3.73. The highest BCUT2D eigenvalue weighted by Crippen LogP contribution is 2.32. The number of hydrogen-bond donors (Lipinski definition) is 1. The minimum absolute atomic E-state index is 0.283. The van der Waals surface area contributed by atoms with Crippen LogP contribution >= 0.6 is 11.3 Å². The summed E-state index contributed by atoms with van der Waals surface area (Å²) in [5.41, 5.74) is 3.20. The lowest BCUT2D eigenvalue weighted by Gasteiger charge is -2.11. The molecule has 3 aromatic rings. The van der Waals surface area contributed by atoms with Gasteiger partial charge in [0.15, 0.2) is 0 Å². The summed E-state index contributed by atoms with van der Waals surface area (Å²) in [6.45, 7) is 0. The van der Waals surface area contributed by atoms with Gasteiger partial charge in [0.25, 0.3) is 0 Å². The van der Waals surface area contributed by atoms with Crippen LogP contribution in [0.3, 0.4) is 0 Å². The molecule has 3 rings (SSSR count). The third-order valence-electron chi connectivity index (χ3n) is 3.00. The zero-order valence-electron chi connectivity index (χ0n) is 10.8. The van der Waals surface area contributed by atoms with E-state index in [9.17, 15) is 5.11 Å². The zero-order valence-corrected chi connectivity index (χ0v) is 11.6. The Labute approximate surface area is 115 Å². The molecule has 1 heterocycles. The molecule has 0 bridgehead atoms. The fourth-order valence-electron chi connectivity index (χ4n) is 1.94. The third kappa shape index (κ3) is 2.27. The maximum Gasteiger partial charge on any atom is 0.124 e. The zero-order chi connectivity index (χ0) is 13.4. The molecule has 2 aromatic carbocycles. The van der Waals surface area contributed by atoms with Crippen LogP contribution in [0.5, 0.6) is 5.75 Å². The van der Waals surface area contributed by atoms with Crippen LogP contribution in [0.25, 0.3) is 20.8 Å². The van der Waals surface area contributed by atoms with Gasteiger partial charge in [-0.3, -0.25) is 0 Å². The van der Waals surface area contributed by atoms with Gasteiger partial charge in [-0.05, 0) is 42.5 Å². The van der Waals surface area contributed by atoms with E-state index in [1.807, 2.05) is 20.2 Å². The first-order chi connectivity index (χ1) is 9.13. The topological polar surface area (TPSA) is 36.4 Å². The number of anilines is 1. The molecular formula is C15H14N2OS.